The first-order valence-corrected chi connectivity index (χ1v) is 25.4. The van der Waals surface area contributed by atoms with Gasteiger partial charge in [0.05, 0.1) is 55.1 Å². The second-order valence-electron chi connectivity index (χ2n) is 19.6. The van der Waals surface area contributed by atoms with Gasteiger partial charge in [-0.3, -0.25) is 24.1 Å². The molecule has 3 fully saturated rings. The highest BCUT2D eigenvalue weighted by molar-refractivity contribution is 7.93. The van der Waals surface area contributed by atoms with E-state index in [1.165, 1.54) is 11.1 Å². The second-order valence-corrected chi connectivity index (χ2v) is 22.3. The molecule has 13 nitrogen and oxygen atoms in total. The molecule has 2 aromatic carbocycles. The number of piperazine rings is 1. The summed E-state index contributed by atoms with van der Waals surface area (Å²) in [5, 5.41) is 0.0696. The van der Waals surface area contributed by atoms with E-state index in [9.17, 15) is 9.59 Å². The minimum Gasteiger partial charge on any atom is -0.490 e. The maximum absolute atomic E-state index is 15.3. The Morgan fingerprint density at radius 2 is 1.97 bits per heavy atom. The molecule has 10 rings (SSSR count). The Balaban J connectivity index is 0.938. The molecule has 2 aliphatic carbocycles. The van der Waals surface area contributed by atoms with Crippen molar-refractivity contribution in [2.45, 2.75) is 94.4 Å². The number of halogens is 1. The van der Waals surface area contributed by atoms with Crippen LogP contribution in [0.2, 0.25) is 5.02 Å². The zero-order chi connectivity index (χ0) is 44.2. The number of benzene rings is 2. The van der Waals surface area contributed by atoms with E-state index in [1.54, 1.807) is 19.2 Å². The summed E-state index contributed by atoms with van der Waals surface area (Å²) in [5.74, 6) is 0.0354. The Hall–Kier alpha value is -3.76. The predicted octanol–water partition coefficient (Wildman–Crippen LogP) is 6.51. The van der Waals surface area contributed by atoms with Crippen LogP contribution in [0.4, 0.5) is 5.69 Å². The number of nitrogens with one attached hydrogen (secondary N) is 1. The van der Waals surface area contributed by atoms with Crippen LogP contribution >= 0.6 is 11.6 Å². The first-order valence-electron chi connectivity index (χ1n) is 23.4. The Kier molecular flexibility index (Phi) is 12.5. The third-order valence-corrected chi connectivity index (χ3v) is 18.2. The third-order valence-electron chi connectivity index (χ3n) is 15.6. The quantitative estimate of drug-likeness (QED) is 0.284. The number of morpholine rings is 1. The molecule has 344 valence electrons. The Morgan fingerprint density at radius 3 is 2.81 bits per heavy atom. The van der Waals surface area contributed by atoms with Gasteiger partial charge in [0.25, 0.3) is 11.8 Å². The highest BCUT2D eigenvalue weighted by atomic mass is 35.5. The maximum atomic E-state index is 15.3. The van der Waals surface area contributed by atoms with Gasteiger partial charge in [0.1, 0.15) is 15.7 Å². The molecule has 7 aliphatic rings. The van der Waals surface area contributed by atoms with Crippen molar-refractivity contribution in [2.75, 3.05) is 77.6 Å². The first kappa shape index (κ1) is 44.1. The van der Waals surface area contributed by atoms with Gasteiger partial charge in [0.2, 0.25) is 0 Å². The van der Waals surface area contributed by atoms with Crippen LogP contribution in [0, 0.1) is 17.8 Å². The van der Waals surface area contributed by atoms with Crippen LogP contribution in [0.1, 0.15) is 83.5 Å². The van der Waals surface area contributed by atoms with Crippen LogP contribution in [-0.2, 0) is 49.1 Å². The number of allylic oxidation sites excluding steroid dienone is 1. The van der Waals surface area contributed by atoms with E-state index in [0.29, 0.717) is 67.5 Å². The lowest BCUT2D eigenvalue weighted by Crippen LogP contribution is -2.59. The van der Waals surface area contributed by atoms with Gasteiger partial charge in [-0.05, 0) is 111 Å². The molecule has 3 aromatic rings. The van der Waals surface area contributed by atoms with Gasteiger partial charge >= 0.3 is 0 Å². The van der Waals surface area contributed by atoms with Gasteiger partial charge in [-0.25, -0.2) is 4.21 Å². The first-order chi connectivity index (χ1) is 31.0. The summed E-state index contributed by atoms with van der Waals surface area (Å²) in [6.45, 7) is 13.1. The number of carbonyl (C=O) groups excluding carboxylic acids is 2. The number of hydrogen-bond donors (Lipinski definition) is 1. The molecule has 64 heavy (non-hydrogen) atoms. The lowest BCUT2D eigenvalue weighted by molar-refractivity contribution is -0.0655. The smallest absolute Gasteiger partial charge is 0.286 e. The molecule has 1 saturated carbocycles. The van der Waals surface area contributed by atoms with E-state index in [0.717, 1.165) is 101 Å². The normalized spacial score (nSPS) is 33.8. The molecule has 9 atom stereocenters. The summed E-state index contributed by atoms with van der Waals surface area (Å²) >= 11 is 6.52. The van der Waals surface area contributed by atoms with Crippen LogP contribution in [0.15, 0.2) is 65.2 Å². The van der Waals surface area contributed by atoms with E-state index >= 15 is 4.21 Å². The van der Waals surface area contributed by atoms with Gasteiger partial charge in [0, 0.05) is 93.4 Å². The molecule has 0 radical (unpaired) electrons. The number of anilines is 1. The molecular weight excluding hydrogens is 852 g/mol. The largest absolute Gasteiger partial charge is 0.490 e. The topological polar surface area (TPSA) is 127 Å². The lowest BCUT2D eigenvalue weighted by Gasteiger charge is -2.46. The molecule has 1 unspecified atom stereocenters. The maximum Gasteiger partial charge on any atom is 0.286 e. The van der Waals surface area contributed by atoms with E-state index in [-0.39, 0.29) is 23.5 Å². The number of aromatic nitrogens is 1. The van der Waals surface area contributed by atoms with Crippen LogP contribution in [0.25, 0.3) is 0 Å². The zero-order valence-electron chi connectivity index (χ0n) is 37.4. The van der Waals surface area contributed by atoms with Crippen LogP contribution in [0.5, 0.6) is 5.75 Å². The Morgan fingerprint density at radius 1 is 1.08 bits per heavy atom. The molecule has 2 saturated heterocycles. The fourth-order valence-corrected chi connectivity index (χ4v) is 13.6. The summed E-state index contributed by atoms with van der Waals surface area (Å²) in [6, 6.07) is 13.9. The van der Waals surface area contributed by atoms with Gasteiger partial charge in [-0.2, -0.15) is 0 Å². The van der Waals surface area contributed by atoms with Crippen LogP contribution in [0.3, 0.4) is 0 Å². The number of carbonyl (C=O) groups is 2. The van der Waals surface area contributed by atoms with Crippen molar-refractivity contribution < 1.29 is 32.7 Å². The molecule has 1 N–H and O–H groups in total. The van der Waals surface area contributed by atoms with Crippen molar-refractivity contribution in [2.24, 2.45) is 22.1 Å². The van der Waals surface area contributed by atoms with Crippen LogP contribution < -0.4 is 14.4 Å². The highest BCUT2D eigenvalue weighted by Crippen LogP contribution is 2.47. The van der Waals surface area contributed by atoms with Crippen molar-refractivity contribution in [3.63, 3.8) is 0 Å². The van der Waals surface area contributed by atoms with Gasteiger partial charge in [-0.15, -0.1) is 4.36 Å². The van der Waals surface area contributed by atoms with E-state index in [4.69, 9.17) is 30.5 Å². The summed E-state index contributed by atoms with van der Waals surface area (Å²) in [7, 11) is -1.89. The molecule has 15 heteroatoms. The van der Waals surface area contributed by atoms with Crippen molar-refractivity contribution in [3.8, 4) is 5.75 Å². The number of nitrogens with zero attached hydrogens (tertiary/aromatic N) is 5. The number of ether oxygens (including phenoxy) is 4. The average molecular weight is 916 g/mol. The third kappa shape index (κ3) is 8.68. The number of amides is 2. The number of methoxy groups -OCH3 is 1. The minimum atomic E-state index is -3.67. The van der Waals surface area contributed by atoms with Crippen molar-refractivity contribution in [1.82, 2.24) is 19.1 Å². The molecule has 2 amide bonds. The molecular formula is C49H63ClN6O7S. The number of hydrogen-bond acceptors (Lipinski definition) is 10. The fourth-order valence-electron chi connectivity index (χ4n) is 11.5. The molecule has 2 bridgehead atoms. The van der Waals surface area contributed by atoms with E-state index in [1.807, 2.05) is 38.2 Å². The van der Waals surface area contributed by atoms with Gasteiger partial charge in [0.15, 0.2) is 0 Å². The lowest BCUT2D eigenvalue weighted by atomic mass is 9.68. The zero-order valence-corrected chi connectivity index (χ0v) is 39.0. The second kappa shape index (κ2) is 18.1. The molecule has 1 spiro atoms. The van der Waals surface area contributed by atoms with E-state index < -0.39 is 27.0 Å². The number of fused-ring (bicyclic) bond motifs is 6. The molecule has 6 heterocycles. The fraction of sp³-hybridized carbons (Fsp3) is 0.592. The van der Waals surface area contributed by atoms with Gasteiger partial charge < -0.3 is 28.4 Å². The van der Waals surface area contributed by atoms with E-state index in [2.05, 4.69) is 52.6 Å². The Labute approximate surface area is 383 Å². The SMILES string of the molecule is CO[C@H]1/C=C\C[C@H](C)[C@@H](C)S(=O)(NC(=O)c2cc3n(c2)C[C@H](CN2CCN4CCOC[C@H]4C2)OC3)=NC(=O)c2ccc3c(c2)N(C[C@@H]2CC[C@H]21)C[C@@]1(CCCc2cc(Cl)ccc21)CO3. The molecule has 5 aliphatic heterocycles. The minimum absolute atomic E-state index is 0.0313. The predicted molar refractivity (Wildman–Crippen MR) is 248 cm³/mol. The Bertz CT molecular complexity index is 2420. The average Bonchev–Trinajstić information content (AvgIpc) is 3.65. The van der Waals surface area contributed by atoms with Crippen molar-refractivity contribution in [3.05, 3.63) is 93.8 Å². The summed E-state index contributed by atoms with van der Waals surface area (Å²) < 4.78 is 49.7. The standard InChI is InChI=1S/C49H63ClN6O7S/c1-32-6-4-8-45(60-3)42-12-9-36(42)23-56-30-49(15-5-7-34-20-38(50)11-13-43(34)49)31-63-46-14-10-35(22-44(46)56)47(57)51-64(59,33(32)2)52-48(58)37-21-39-29-62-41(27-55(39)24-37)26-53-16-17-54-18-19-61-28-40(54)25-53/h4,8,10-11,13-14,20-22,24,32-33,36,40-42,45H,5-7,9,12,15-19,23,25-31H2,1-3H3,(H,51,52,57,58,59)/b8-4-/t32-,33+,36-,40+,41-,42+,45-,49-,64?/m0/s1. The van der Waals surface area contributed by atoms with Crippen LogP contribution in [-0.4, -0.2) is 127 Å². The number of rotatable bonds is 5. The summed E-state index contributed by atoms with van der Waals surface area (Å²) in [6.07, 6.45) is 11.7. The van der Waals surface area contributed by atoms with Gasteiger partial charge in [-0.1, -0.05) is 36.7 Å². The summed E-state index contributed by atoms with van der Waals surface area (Å²) in [5.41, 5.74) is 4.62. The highest BCUT2D eigenvalue weighted by Gasteiger charge is 2.45. The number of aryl methyl sites for hydroxylation is 1. The summed E-state index contributed by atoms with van der Waals surface area (Å²) in [4.78, 5) is 36.1. The monoisotopic (exact) mass is 914 g/mol. The molecule has 1 aromatic heterocycles. The van der Waals surface area contributed by atoms with Crippen molar-refractivity contribution >= 4 is 39.0 Å². The van der Waals surface area contributed by atoms with Crippen molar-refractivity contribution in [1.29, 1.82) is 0 Å².